The van der Waals surface area contributed by atoms with Gasteiger partial charge in [-0.05, 0) is 17.6 Å². The van der Waals surface area contributed by atoms with E-state index in [0.717, 1.165) is 19.4 Å². The van der Waals surface area contributed by atoms with Crippen molar-refractivity contribution in [3.8, 4) is 0 Å². The number of rotatable bonds is 0. The van der Waals surface area contributed by atoms with Gasteiger partial charge in [0.15, 0.2) is 0 Å². The third kappa shape index (κ3) is 1.53. The maximum absolute atomic E-state index is 4.19. The van der Waals surface area contributed by atoms with Gasteiger partial charge in [-0.1, -0.05) is 24.3 Å². The van der Waals surface area contributed by atoms with Crippen molar-refractivity contribution in [1.82, 2.24) is 10.7 Å². The Morgan fingerprint density at radius 2 is 2.40 bits per heavy atom. The molecule has 3 aliphatic rings. The zero-order valence-electron chi connectivity index (χ0n) is 8.61. The van der Waals surface area contributed by atoms with Crippen LogP contribution in [0.15, 0.2) is 40.6 Å². The molecule has 0 saturated heterocycles. The van der Waals surface area contributed by atoms with Crippen LogP contribution in [0.2, 0.25) is 0 Å². The van der Waals surface area contributed by atoms with Crippen molar-refractivity contribution in [3.05, 3.63) is 35.5 Å². The summed E-state index contributed by atoms with van der Waals surface area (Å²) < 4.78 is 0. The van der Waals surface area contributed by atoms with Crippen molar-refractivity contribution in [2.24, 2.45) is 5.10 Å². The number of allylic oxidation sites excluding steroid dienone is 2. The van der Waals surface area contributed by atoms with E-state index in [2.05, 4.69) is 40.1 Å². The highest BCUT2D eigenvalue weighted by Gasteiger charge is 2.28. The summed E-state index contributed by atoms with van der Waals surface area (Å²) in [7, 11) is 0. The molecule has 0 aromatic heterocycles. The first kappa shape index (κ1) is 8.92. The van der Waals surface area contributed by atoms with Gasteiger partial charge in [0.2, 0.25) is 0 Å². The molecule has 3 nitrogen and oxygen atoms in total. The lowest BCUT2D eigenvalue weighted by atomic mass is 9.88. The third-order valence-corrected chi connectivity index (χ3v) is 3.25. The van der Waals surface area contributed by atoms with Gasteiger partial charge in [-0.25, -0.2) is 0 Å². The quantitative estimate of drug-likeness (QED) is 0.576. The molecule has 2 aliphatic heterocycles. The summed E-state index contributed by atoms with van der Waals surface area (Å²) in [5.41, 5.74) is 6.09. The Morgan fingerprint density at radius 3 is 3.40 bits per heavy atom. The minimum Gasteiger partial charge on any atom is -0.306 e. The van der Waals surface area contributed by atoms with E-state index in [0.29, 0.717) is 12.1 Å². The summed E-state index contributed by atoms with van der Waals surface area (Å²) in [6.07, 6.45) is 12.9. The normalized spacial score (nSPS) is 33.1. The van der Waals surface area contributed by atoms with Gasteiger partial charge in [0.1, 0.15) is 0 Å². The van der Waals surface area contributed by atoms with E-state index in [-0.39, 0.29) is 0 Å². The van der Waals surface area contributed by atoms with Crippen LogP contribution in [0, 0.1) is 0 Å². The van der Waals surface area contributed by atoms with Gasteiger partial charge in [0, 0.05) is 25.2 Å². The molecule has 1 aliphatic carbocycles. The molecule has 2 heterocycles. The second kappa shape index (κ2) is 3.66. The molecule has 2 N–H and O–H groups in total. The maximum atomic E-state index is 4.19. The van der Waals surface area contributed by atoms with Crippen molar-refractivity contribution < 1.29 is 0 Å². The fraction of sp³-hybridized carbons (Fsp3) is 0.417. The number of hydrazone groups is 1. The summed E-state index contributed by atoms with van der Waals surface area (Å²) in [4.78, 5) is 0. The highest BCUT2D eigenvalue weighted by atomic mass is 15.3. The van der Waals surface area contributed by atoms with Crippen LogP contribution in [0.4, 0.5) is 0 Å². The summed E-state index contributed by atoms with van der Waals surface area (Å²) in [5.74, 6) is 0. The largest absolute Gasteiger partial charge is 0.306 e. The predicted octanol–water partition coefficient (Wildman–Crippen LogP) is 1.12. The second-order valence-electron chi connectivity index (χ2n) is 4.15. The van der Waals surface area contributed by atoms with Gasteiger partial charge in [-0.2, -0.15) is 5.10 Å². The number of nitrogens with zero attached hydrogens (tertiary/aromatic N) is 1. The van der Waals surface area contributed by atoms with Crippen LogP contribution in [0.5, 0.6) is 0 Å². The van der Waals surface area contributed by atoms with Crippen LogP contribution in [-0.2, 0) is 0 Å². The molecular weight excluding hydrogens is 186 g/mol. The van der Waals surface area contributed by atoms with E-state index in [1.807, 2.05) is 6.21 Å². The standard InChI is InChI=1S/C12H15N3/c1-2-4-11-10(3-1)12-9(5-7-13-11)6-8-14-15-12/h1-3,5,8,11-13,15H,4,6-7H2. The van der Waals surface area contributed by atoms with Gasteiger partial charge in [0.25, 0.3) is 0 Å². The van der Waals surface area contributed by atoms with Crippen LogP contribution in [0.1, 0.15) is 12.8 Å². The van der Waals surface area contributed by atoms with E-state index in [9.17, 15) is 0 Å². The van der Waals surface area contributed by atoms with Crippen LogP contribution < -0.4 is 10.7 Å². The van der Waals surface area contributed by atoms with Crippen molar-refractivity contribution in [1.29, 1.82) is 0 Å². The van der Waals surface area contributed by atoms with Crippen LogP contribution in [0.25, 0.3) is 0 Å². The molecule has 0 amide bonds. The maximum Gasteiger partial charge on any atom is 0.0882 e. The van der Waals surface area contributed by atoms with Crippen LogP contribution in [-0.4, -0.2) is 24.8 Å². The molecule has 3 heteroatoms. The SMILES string of the molecule is C1=CCC2NCC=C3CC=NNC3C2=C1. The summed E-state index contributed by atoms with van der Waals surface area (Å²) in [6, 6.07) is 0.800. The minimum atomic E-state index is 0.319. The lowest BCUT2D eigenvalue weighted by molar-refractivity contribution is 0.549. The molecule has 0 fully saturated rings. The molecule has 0 spiro atoms. The van der Waals surface area contributed by atoms with E-state index in [1.165, 1.54) is 11.1 Å². The fourth-order valence-electron chi connectivity index (χ4n) is 2.45. The summed E-state index contributed by atoms with van der Waals surface area (Å²) in [5, 5.41) is 7.73. The van der Waals surface area contributed by atoms with Gasteiger partial charge in [0.05, 0.1) is 6.04 Å². The Morgan fingerprint density at radius 1 is 1.40 bits per heavy atom. The number of fused-ring (bicyclic) bond motifs is 3. The molecule has 3 rings (SSSR count). The molecule has 0 bridgehead atoms. The molecule has 0 radical (unpaired) electrons. The van der Waals surface area contributed by atoms with Crippen molar-refractivity contribution >= 4 is 6.21 Å². The topological polar surface area (TPSA) is 36.4 Å². The van der Waals surface area contributed by atoms with Gasteiger partial charge < -0.3 is 5.32 Å². The Hall–Kier alpha value is -1.35. The average molecular weight is 201 g/mol. The lowest BCUT2D eigenvalue weighted by Crippen LogP contribution is -2.40. The summed E-state index contributed by atoms with van der Waals surface area (Å²) >= 11 is 0. The zero-order chi connectivity index (χ0) is 10.1. The second-order valence-corrected chi connectivity index (χ2v) is 4.15. The molecule has 0 saturated carbocycles. The smallest absolute Gasteiger partial charge is 0.0882 e. The number of nitrogens with one attached hydrogen (secondary N) is 2. The van der Waals surface area contributed by atoms with E-state index < -0.39 is 0 Å². The van der Waals surface area contributed by atoms with Gasteiger partial charge in [-0.3, -0.25) is 5.43 Å². The Bertz CT molecular complexity index is 376. The van der Waals surface area contributed by atoms with Crippen molar-refractivity contribution in [2.75, 3.05) is 6.54 Å². The zero-order valence-corrected chi connectivity index (χ0v) is 8.61. The first-order valence-electron chi connectivity index (χ1n) is 5.51. The van der Waals surface area contributed by atoms with Gasteiger partial charge >= 0.3 is 0 Å². The van der Waals surface area contributed by atoms with E-state index in [4.69, 9.17) is 0 Å². The van der Waals surface area contributed by atoms with E-state index >= 15 is 0 Å². The molecule has 2 unspecified atom stereocenters. The van der Waals surface area contributed by atoms with Crippen LogP contribution >= 0.6 is 0 Å². The van der Waals surface area contributed by atoms with Crippen molar-refractivity contribution in [2.45, 2.75) is 24.9 Å². The first-order chi connectivity index (χ1) is 7.45. The number of hydrogen-bond donors (Lipinski definition) is 2. The highest BCUT2D eigenvalue weighted by molar-refractivity contribution is 5.64. The van der Waals surface area contributed by atoms with Crippen molar-refractivity contribution in [3.63, 3.8) is 0 Å². The Balaban J connectivity index is 1.98. The molecule has 78 valence electrons. The van der Waals surface area contributed by atoms with E-state index in [1.54, 1.807) is 0 Å². The predicted molar refractivity (Wildman–Crippen MR) is 61.7 cm³/mol. The average Bonchev–Trinajstić information content (AvgIpc) is 2.48. The van der Waals surface area contributed by atoms with Gasteiger partial charge in [-0.15, -0.1) is 0 Å². The number of hydrogen-bond acceptors (Lipinski definition) is 3. The first-order valence-corrected chi connectivity index (χ1v) is 5.51. The fourth-order valence-corrected chi connectivity index (χ4v) is 2.45. The Labute approximate surface area is 89.6 Å². The minimum absolute atomic E-state index is 0.319. The third-order valence-electron chi connectivity index (χ3n) is 3.25. The summed E-state index contributed by atoms with van der Waals surface area (Å²) in [6.45, 7) is 0.969. The Kier molecular flexibility index (Phi) is 2.18. The monoisotopic (exact) mass is 201 g/mol. The molecule has 0 aromatic carbocycles. The lowest BCUT2D eigenvalue weighted by Gasteiger charge is -2.29. The molecule has 2 atom stereocenters. The molecule has 0 aromatic rings. The highest BCUT2D eigenvalue weighted by Crippen LogP contribution is 2.26. The van der Waals surface area contributed by atoms with Crippen LogP contribution in [0.3, 0.4) is 0 Å². The molecule has 15 heavy (non-hydrogen) atoms. The molecular formula is C12H15N3.